The molecule has 0 aromatic heterocycles. The Kier molecular flexibility index (Phi) is 32.7. The molecule has 0 bridgehead atoms. The van der Waals surface area contributed by atoms with Gasteiger partial charge in [-0.05, 0) is 0 Å². The molecule has 0 saturated heterocycles. The zero-order valence-corrected chi connectivity index (χ0v) is 18.5. The lowest BCUT2D eigenvalue weighted by Crippen LogP contribution is -1.83. The number of hydrogen-bond acceptors (Lipinski definition) is 0. The lowest BCUT2D eigenvalue weighted by atomic mass is 10.0. The second-order valence-corrected chi connectivity index (χ2v) is 7.30. The molecule has 0 radical (unpaired) electrons. The minimum atomic E-state index is 0. The molecule has 0 aromatic carbocycles. The van der Waals surface area contributed by atoms with E-state index in [1.165, 1.54) is 119 Å². The molecule has 0 nitrogen and oxygen atoms in total. The summed E-state index contributed by atoms with van der Waals surface area (Å²) in [5.41, 5.74) is 0. The molecule has 0 amide bonds. The highest BCUT2D eigenvalue weighted by Gasteiger charge is 1.94. The van der Waals surface area contributed by atoms with Gasteiger partial charge in [-0.3, -0.25) is 0 Å². The summed E-state index contributed by atoms with van der Waals surface area (Å²) in [6.07, 6.45) is 23.7. The molecule has 0 spiro atoms. The Morgan fingerprint density at radius 1 is 0.429 bits per heavy atom. The molecule has 0 aliphatic heterocycles. The molecule has 0 aromatic rings. The SMILES string of the molecule is CCCCCCCCCCCCCCCCCC[SiH3].Cl.Cl. The second kappa shape index (κ2) is 25.7. The summed E-state index contributed by atoms with van der Waals surface area (Å²) in [4.78, 5) is 0. The van der Waals surface area contributed by atoms with Crippen molar-refractivity contribution in [1.82, 2.24) is 0 Å². The molecular formula is C18H42Cl2Si. The molecule has 3 heteroatoms. The third-order valence-corrected chi connectivity index (χ3v) is 4.91. The van der Waals surface area contributed by atoms with E-state index in [9.17, 15) is 0 Å². The van der Waals surface area contributed by atoms with Gasteiger partial charge in [-0.15, -0.1) is 24.8 Å². The normalized spacial score (nSPS) is 10.1. The minimum absolute atomic E-state index is 0. The highest BCUT2D eigenvalue weighted by atomic mass is 35.5. The van der Waals surface area contributed by atoms with Gasteiger partial charge in [-0.25, -0.2) is 0 Å². The van der Waals surface area contributed by atoms with Crippen LogP contribution in [0.4, 0.5) is 0 Å². The van der Waals surface area contributed by atoms with Gasteiger partial charge in [-0.2, -0.15) is 0 Å². The van der Waals surface area contributed by atoms with Crippen molar-refractivity contribution in [3.63, 3.8) is 0 Å². The van der Waals surface area contributed by atoms with E-state index >= 15 is 0 Å². The maximum Gasteiger partial charge on any atom is 0.00279 e. The molecule has 0 N–H and O–H groups in total. The smallest absolute Gasteiger partial charge is 0.00279 e. The molecule has 132 valence electrons. The van der Waals surface area contributed by atoms with Crippen LogP contribution in [0.2, 0.25) is 6.04 Å². The Hall–Kier alpha value is 0.797. The van der Waals surface area contributed by atoms with Crippen LogP contribution in [0.3, 0.4) is 0 Å². The summed E-state index contributed by atoms with van der Waals surface area (Å²) in [6.45, 7) is 2.30. The van der Waals surface area contributed by atoms with Crippen LogP contribution in [0.15, 0.2) is 0 Å². The Morgan fingerprint density at radius 2 is 0.667 bits per heavy atom. The summed E-state index contributed by atoms with van der Waals surface area (Å²) in [7, 11) is 1.41. The van der Waals surface area contributed by atoms with Gasteiger partial charge < -0.3 is 0 Å². The fourth-order valence-corrected chi connectivity index (χ4v) is 3.30. The number of rotatable bonds is 16. The van der Waals surface area contributed by atoms with E-state index in [2.05, 4.69) is 6.92 Å². The lowest BCUT2D eigenvalue weighted by molar-refractivity contribution is 0.531. The third-order valence-electron chi connectivity index (χ3n) is 4.21. The minimum Gasteiger partial charge on any atom is -0.147 e. The average molecular weight is 358 g/mol. The van der Waals surface area contributed by atoms with Gasteiger partial charge in [0.05, 0.1) is 0 Å². The van der Waals surface area contributed by atoms with Crippen molar-refractivity contribution in [2.24, 2.45) is 0 Å². The van der Waals surface area contributed by atoms with Crippen molar-refractivity contribution in [1.29, 1.82) is 0 Å². The van der Waals surface area contributed by atoms with E-state index in [-0.39, 0.29) is 24.8 Å². The van der Waals surface area contributed by atoms with Crippen LogP contribution < -0.4 is 0 Å². The van der Waals surface area contributed by atoms with Crippen molar-refractivity contribution in [3.05, 3.63) is 0 Å². The fourth-order valence-electron chi connectivity index (χ4n) is 2.80. The molecule has 0 rings (SSSR count). The van der Waals surface area contributed by atoms with Crippen LogP contribution in [0.1, 0.15) is 110 Å². The molecule has 21 heavy (non-hydrogen) atoms. The van der Waals surface area contributed by atoms with Crippen LogP contribution in [0.5, 0.6) is 0 Å². The summed E-state index contributed by atoms with van der Waals surface area (Å²) < 4.78 is 0. The van der Waals surface area contributed by atoms with Gasteiger partial charge in [0.15, 0.2) is 0 Å². The van der Waals surface area contributed by atoms with E-state index in [1.54, 1.807) is 0 Å². The van der Waals surface area contributed by atoms with Gasteiger partial charge in [0, 0.05) is 10.2 Å². The first-order chi connectivity index (χ1) is 9.41. The highest BCUT2D eigenvalue weighted by molar-refractivity contribution is 6.08. The zero-order valence-electron chi connectivity index (χ0n) is 14.8. The van der Waals surface area contributed by atoms with Crippen LogP contribution in [-0.4, -0.2) is 10.2 Å². The van der Waals surface area contributed by atoms with Gasteiger partial charge in [0.2, 0.25) is 0 Å². The molecule has 0 aliphatic carbocycles. The summed E-state index contributed by atoms with van der Waals surface area (Å²) in [5, 5.41) is 0. The Labute approximate surface area is 150 Å². The first-order valence-electron chi connectivity index (χ1n) is 9.41. The van der Waals surface area contributed by atoms with Crippen LogP contribution in [0, 0.1) is 0 Å². The standard InChI is InChI=1S/C18H40Si.2ClH/c1-2-3-4-5-6-7-8-9-10-11-12-13-14-15-16-17-18-19;;/h2-18H2,1,19H3;2*1H. The maximum atomic E-state index is 2.30. The first kappa shape index (κ1) is 26.7. The fraction of sp³-hybridized carbons (Fsp3) is 1.00. The van der Waals surface area contributed by atoms with Gasteiger partial charge >= 0.3 is 0 Å². The van der Waals surface area contributed by atoms with E-state index in [1.807, 2.05) is 0 Å². The topological polar surface area (TPSA) is 0 Å². The van der Waals surface area contributed by atoms with Gasteiger partial charge in [0.1, 0.15) is 0 Å². The van der Waals surface area contributed by atoms with Crippen LogP contribution >= 0.6 is 24.8 Å². The van der Waals surface area contributed by atoms with E-state index in [0.717, 1.165) is 0 Å². The first-order valence-corrected chi connectivity index (χ1v) is 10.8. The van der Waals surface area contributed by atoms with Crippen molar-refractivity contribution in [3.8, 4) is 0 Å². The largest absolute Gasteiger partial charge is 0.147 e. The number of halogens is 2. The highest BCUT2D eigenvalue weighted by Crippen LogP contribution is 2.13. The summed E-state index contributed by atoms with van der Waals surface area (Å²) >= 11 is 0. The van der Waals surface area contributed by atoms with Gasteiger partial charge in [0.25, 0.3) is 0 Å². The lowest BCUT2D eigenvalue weighted by Gasteiger charge is -2.03. The second-order valence-electron chi connectivity index (χ2n) is 6.30. The molecule has 0 heterocycles. The molecule has 0 atom stereocenters. The van der Waals surface area contributed by atoms with Crippen molar-refractivity contribution in [2.45, 2.75) is 116 Å². The zero-order chi connectivity index (χ0) is 14.0. The summed E-state index contributed by atoms with van der Waals surface area (Å²) in [6, 6.07) is 1.51. The Morgan fingerprint density at radius 3 is 0.905 bits per heavy atom. The van der Waals surface area contributed by atoms with Crippen molar-refractivity contribution < 1.29 is 0 Å². The Bertz CT molecular complexity index is 138. The average Bonchev–Trinajstić information content (AvgIpc) is 2.43. The van der Waals surface area contributed by atoms with E-state index in [4.69, 9.17) is 0 Å². The van der Waals surface area contributed by atoms with E-state index < -0.39 is 0 Å². The predicted molar refractivity (Wildman–Crippen MR) is 109 cm³/mol. The van der Waals surface area contributed by atoms with Crippen LogP contribution in [-0.2, 0) is 0 Å². The van der Waals surface area contributed by atoms with Crippen molar-refractivity contribution >= 4 is 35.1 Å². The van der Waals surface area contributed by atoms with Crippen LogP contribution in [0.25, 0.3) is 0 Å². The molecular weight excluding hydrogens is 315 g/mol. The van der Waals surface area contributed by atoms with Gasteiger partial charge in [-0.1, -0.05) is 116 Å². The molecule has 0 unspecified atom stereocenters. The number of hydrogen-bond donors (Lipinski definition) is 0. The molecule has 0 aliphatic rings. The summed E-state index contributed by atoms with van der Waals surface area (Å²) in [5.74, 6) is 0. The quantitative estimate of drug-likeness (QED) is 0.209. The monoisotopic (exact) mass is 356 g/mol. The molecule has 0 saturated carbocycles. The number of unbranched alkanes of at least 4 members (excludes halogenated alkanes) is 15. The Balaban J connectivity index is -0.00000162. The maximum absolute atomic E-state index is 2.30. The van der Waals surface area contributed by atoms with Crippen molar-refractivity contribution in [2.75, 3.05) is 0 Å². The predicted octanol–water partition coefficient (Wildman–Crippen LogP) is 6.88. The third kappa shape index (κ3) is 26.0. The molecule has 0 fully saturated rings. The van der Waals surface area contributed by atoms with E-state index in [0.29, 0.717) is 0 Å².